The molecule has 0 aliphatic carbocycles. The Kier molecular flexibility index (Phi) is 3.99. The Balaban J connectivity index is 2.84. The van der Waals surface area contributed by atoms with E-state index in [0.717, 1.165) is 5.75 Å². The number of rotatable bonds is 4. The molecule has 0 N–H and O–H groups in total. The molecule has 1 aromatic carbocycles. The van der Waals surface area contributed by atoms with Gasteiger partial charge in [0.25, 0.3) is 0 Å². The van der Waals surface area contributed by atoms with E-state index in [1.165, 1.54) is 12.0 Å². The van der Waals surface area contributed by atoms with Gasteiger partial charge in [-0.3, -0.25) is 0 Å². The maximum Gasteiger partial charge on any atom is 0.118 e. The van der Waals surface area contributed by atoms with Crippen molar-refractivity contribution in [2.75, 3.05) is 7.11 Å². The highest BCUT2D eigenvalue weighted by Gasteiger charge is 2.12. The average Bonchev–Trinajstić information content (AvgIpc) is 2.19. The van der Waals surface area contributed by atoms with Crippen molar-refractivity contribution in [2.24, 2.45) is 5.92 Å². The van der Waals surface area contributed by atoms with Crippen LogP contribution in [0.5, 0.6) is 5.75 Å². The molecule has 1 rings (SSSR count). The van der Waals surface area contributed by atoms with Gasteiger partial charge in [0.2, 0.25) is 0 Å². The van der Waals surface area contributed by atoms with E-state index in [9.17, 15) is 0 Å². The van der Waals surface area contributed by atoms with E-state index in [0.29, 0.717) is 11.8 Å². The summed E-state index contributed by atoms with van der Waals surface area (Å²) in [7, 11) is 1.70. The first-order valence-corrected chi connectivity index (χ1v) is 5.33. The van der Waals surface area contributed by atoms with Crippen LogP contribution in [0, 0.1) is 5.92 Å². The summed E-state index contributed by atoms with van der Waals surface area (Å²) in [6, 6.07) is 8.43. The van der Waals surface area contributed by atoms with Gasteiger partial charge in [0.05, 0.1) is 7.11 Å². The van der Waals surface area contributed by atoms with E-state index < -0.39 is 0 Å². The van der Waals surface area contributed by atoms with Crippen LogP contribution in [-0.4, -0.2) is 7.11 Å². The highest BCUT2D eigenvalue weighted by molar-refractivity contribution is 5.29. The van der Waals surface area contributed by atoms with Crippen LogP contribution in [0.4, 0.5) is 0 Å². The van der Waals surface area contributed by atoms with Crippen LogP contribution < -0.4 is 4.74 Å². The van der Waals surface area contributed by atoms with Crippen LogP contribution in [0.2, 0.25) is 0 Å². The molecule has 0 heterocycles. The molecule has 0 spiro atoms. The fraction of sp³-hybridized carbons (Fsp3) is 0.538. The van der Waals surface area contributed by atoms with Crippen molar-refractivity contribution in [1.29, 1.82) is 0 Å². The number of benzene rings is 1. The summed E-state index contributed by atoms with van der Waals surface area (Å²) in [6.07, 6.45) is 1.20. The summed E-state index contributed by atoms with van der Waals surface area (Å²) in [6.45, 7) is 6.80. The van der Waals surface area contributed by atoms with Gasteiger partial charge in [-0.2, -0.15) is 0 Å². The molecular formula is C13H20O. The van der Waals surface area contributed by atoms with Gasteiger partial charge in [-0.1, -0.05) is 32.9 Å². The fourth-order valence-corrected chi connectivity index (χ4v) is 1.94. The van der Waals surface area contributed by atoms with Gasteiger partial charge in [-0.25, -0.2) is 0 Å². The fourth-order valence-electron chi connectivity index (χ4n) is 1.94. The van der Waals surface area contributed by atoms with E-state index in [1.807, 2.05) is 12.1 Å². The van der Waals surface area contributed by atoms with E-state index in [1.54, 1.807) is 7.11 Å². The van der Waals surface area contributed by atoms with Crippen LogP contribution in [-0.2, 0) is 0 Å². The molecule has 0 fully saturated rings. The molecule has 1 aromatic rings. The number of hydrogen-bond acceptors (Lipinski definition) is 1. The zero-order chi connectivity index (χ0) is 10.6. The van der Waals surface area contributed by atoms with Crippen molar-refractivity contribution in [3.8, 4) is 5.75 Å². The van der Waals surface area contributed by atoms with Crippen molar-refractivity contribution < 1.29 is 4.74 Å². The summed E-state index contributed by atoms with van der Waals surface area (Å²) in [5.41, 5.74) is 1.42. The molecule has 0 unspecified atom stereocenters. The predicted octanol–water partition coefficient (Wildman–Crippen LogP) is 3.84. The molecule has 0 aliphatic heterocycles. The Morgan fingerprint density at radius 2 is 1.71 bits per heavy atom. The number of methoxy groups -OCH3 is 1. The molecule has 0 bridgehead atoms. The van der Waals surface area contributed by atoms with Crippen LogP contribution in [0.3, 0.4) is 0 Å². The van der Waals surface area contributed by atoms with Gasteiger partial charge in [0, 0.05) is 0 Å². The smallest absolute Gasteiger partial charge is 0.118 e. The van der Waals surface area contributed by atoms with Crippen LogP contribution in [0.15, 0.2) is 24.3 Å². The first kappa shape index (κ1) is 11.1. The molecule has 0 aliphatic rings. The van der Waals surface area contributed by atoms with Crippen molar-refractivity contribution in [3.63, 3.8) is 0 Å². The minimum Gasteiger partial charge on any atom is -0.497 e. The number of hydrogen-bond donors (Lipinski definition) is 0. The summed E-state index contributed by atoms with van der Waals surface area (Å²) in [4.78, 5) is 0. The Morgan fingerprint density at radius 1 is 1.14 bits per heavy atom. The molecule has 1 heteroatoms. The molecule has 0 aromatic heterocycles. The molecule has 78 valence electrons. The molecule has 0 radical (unpaired) electrons. The standard InChI is InChI=1S/C13H20O/c1-5-13(10(2)3)11-6-8-12(14-4)9-7-11/h6-10,13H,5H2,1-4H3/t13-/m0/s1. The Hall–Kier alpha value is -0.980. The lowest BCUT2D eigenvalue weighted by atomic mass is 9.86. The molecule has 0 saturated carbocycles. The summed E-state index contributed by atoms with van der Waals surface area (Å²) >= 11 is 0. The van der Waals surface area contributed by atoms with Gasteiger partial charge in [-0.05, 0) is 36.0 Å². The van der Waals surface area contributed by atoms with Crippen LogP contribution >= 0.6 is 0 Å². The van der Waals surface area contributed by atoms with E-state index in [4.69, 9.17) is 4.74 Å². The van der Waals surface area contributed by atoms with Crippen molar-refractivity contribution in [2.45, 2.75) is 33.1 Å². The third-order valence-corrected chi connectivity index (χ3v) is 2.79. The first-order valence-electron chi connectivity index (χ1n) is 5.33. The second-order valence-corrected chi connectivity index (χ2v) is 4.03. The quantitative estimate of drug-likeness (QED) is 0.704. The summed E-state index contributed by atoms with van der Waals surface area (Å²) in [5, 5.41) is 0. The highest BCUT2D eigenvalue weighted by atomic mass is 16.5. The average molecular weight is 192 g/mol. The maximum absolute atomic E-state index is 5.14. The van der Waals surface area contributed by atoms with E-state index in [-0.39, 0.29) is 0 Å². The maximum atomic E-state index is 5.14. The lowest BCUT2D eigenvalue weighted by molar-refractivity contribution is 0.414. The molecule has 14 heavy (non-hydrogen) atoms. The lowest BCUT2D eigenvalue weighted by Crippen LogP contribution is -2.05. The summed E-state index contributed by atoms with van der Waals surface area (Å²) in [5.74, 6) is 2.31. The third-order valence-electron chi connectivity index (χ3n) is 2.79. The molecule has 0 amide bonds. The zero-order valence-electron chi connectivity index (χ0n) is 9.58. The normalized spacial score (nSPS) is 12.9. The Bertz CT molecular complexity index is 261. The second-order valence-electron chi connectivity index (χ2n) is 4.03. The molecule has 0 saturated heterocycles. The highest BCUT2D eigenvalue weighted by Crippen LogP contribution is 2.28. The Morgan fingerprint density at radius 3 is 2.07 bits per heavy atom. The predicted molar refractivity (Wildman–Crippen MR) is 60.9 cm³/mol. The van der Waals surface area contributed by atoms with Gasteiger partial charge < -0.3 is 4.74 Å². The van der Waals surface area contributed by atoms with Crippen molar-refractivity contribution >= 4 is 0 Å². The monoisotopic (exact) mass is 192 g/mol. The number of ether oxygens (including phenoxy) is 1. The van der Waals surface area contributed by atoms with Crippen LogP contribution in [0.1, 0.15) is 38.7 Å². The van der Waals surface area contributed by atoms with E-state index in [2.05, 4.69) is 32.9 Å². The Labute approximate surface area is 87.1 Å². The minimum absolute atomic E-state index is 0.668. The largest absolute Gasteiger partial charge is 0.497 e. The van der Waals surface area contributed by atoms with Gasteiger partial charge in [0.1, 0.15) is 5.75 Å². The molecule has 1 atom stereocenters. The summed E-state index contributed by atoms with van der Waals surface area (Å²) < 4.78 is 5.14. The van der Waals surface area contributed by atoms with Gasteiger partial charge >= 0.3 is 0 Å². The van der Waals surface area contributed by atoms with Crippen molar-refractivity contribution in [3.05, 3.63) is 29.8 Å². The zero-order valence-corrected chi connectivity index (χ0v) is 9.58. The first-order chi connectivity index (χ1) is 6.69. The SMILES string of the molecule is CC[C@H](c1ccc(OC)cc1)C(C)C. The molecular weight excluding hydrogens is 172 g/mol. The second kappa shape index (κ2) is 5.04. The lowest BCUT2D eigenvalue weighted by Gasteiger charge is -2.19. The topological polar surface area (TPSA) is 9.23 Å². The molecule has 1 nitrogen and oxygen atoms in total. The van der Waals surface area contributed by atoms with Gasteiger partial charge in [-0.15, -0.1) is 0 Å². The minimum atomic E-state index is 0.668. The van der Waals surface area contributed by atoms with Crippen LogP contribution in [0.25, 0.3) is 0 Å². The van der Waals surface area contributed by atoms with Gasteiger partial charge in [0.15, 0.2) is 0 Å². The third kappa shape index (κ3) is 2.50. The van der Waals surface area contributed by atoms with E-state index >= 15 is 0 Å². The van der Waals surface area contributed by atoms with Crippen molar-refractivity contribution in [1.82, 2.24) is 0 Å².